The number of urea groups is 1. The molecule has 0 atom stereocenters. The lowest BCUT2D eigenvalue weighted by atomic mass is 10.1. The molecule has 1 aliphatic carbocycles. The summed E-state index contributed by atoms with van der Waals surface area (Å²) in [5, 5.41) is 0. The van der Waals surface area contributed by atoms with Crippen LogP contribution in [0.2, 0.25) is 0 Å². The summed E-state index contributed by atoms with van der Waals surface area (Å²) in [6.45, 7) is 2.62. The molecule has 2 aromatic carbocycles. The molecule has 0 radical (unpaired) electrons. The zero-order valence-corrected chi connectivity index (χ0v) is 22.7. The average molecular weight is 582 g/mol. The number of nitrogens with zero attached hydrogens (tertiary/aromatic N) is 5. The third-order valence-corrected chi connectivity index (χ3v) is 8.40. The molecule has 0 unspecified atom stereocenters. The van der Waals surface area contributed by atoms with Crippen molar-refractivity contribution >= 4 is 41.0 Å². The molecule has 6 rings (SSSR count). The molecule has 0 bridgehead atoms. The fraction of sp³-hybridized carbons (Fsp3) is 0.310. The number of imide groups is 1. The Morgan fingerprint density at radius 2 is 1.59 bits per heavy atom. The third-order valence-electron chi connectivity index (χ3n) is 7.66. The maximum atomic E-state index is 13.5. The summed E-state index contributed by atoms with van der Waals surface area (Å²) in [5.41, 5.74) is -3.14. The van der Waals surface area contributed by atoms with Gasteiger partial charge in [-0.05, 0) is 78.7 Å². The van der Waals surface area contributed by atoms with E-state index in [1.165, 1.54) is 35.4 Å². The second-order valence-electron chi connectivity index (χ2n) is 10.2. The first-order valence-electron chi connectivity index (χ1n) is 13.2. The van der Waals surface area contributed by atoms with E-state index in [-0.39, 0.29) is 46.4 Å². The average Bonchev–Trinajstić information content (AvgIpc) is 3.75. The van der Waals surface area contributed by atoms with E-state index in [2.05, 4.69) is 9.88 Å². The number of aromatic nitrogens is 1. The van der Waals surface area contributed by atoms with Crippen molar-refractivity contribution in [1.82, 2.24) is 14.8 Å². The lowest BCUT2D eigenvalue weighted by Crippen LogP contribution is -2.49. The Labute approximate surface area is 238 Å². The number of carbonyl (C=O) groups is 3. The molecule has 3 fully saturated rings. The number of amides is 4. The highest BCUT2D eigenvalue weighted by molar-refractivity contribution is 8.00. The molecule has 12 heteroatoms. The van der Waals surface area contributed by atoms with E-state index < -0.39 is 17.1 Å². The molecule has 212 valence electrons. The van der Waals surface area contributed by atoms with E-state index in [4.69, 9.17) is 0 Å². The maximum absolute atomic E-state index is 13.5. The summed E-state index contributed by atoms with van der Waals surface area (Å²) in [7, 11) is 0. The smallest absolute Gasteiger partial charge is 0.368 e. The van der Waals surface area contributed by atoms with Crippen LogP contribution >= 0.6 is 11.8 Å². The van der Waals surface area contributed by atoms with Crippen molar-refractivity contribution in [3.05, 3.63) is 84.2 Å². The number of carbonyl (C=O) groups excluding carboxylic acids is 3. The third kappa shape index (κ3) is 5.35. The van der Waals surface area contributed by atoms with Gasteiger partial charge in [0.15, 0.2) is 0 Å². The number of anilines is 2. The van der Waals surface area contributed by atoms with Crippen LogP contribution in [0, 0.1) is 0 Å². The molecular weight excluding hydrogens is 555 g/mol. The molecule has 1 spiro atoms. The van der Waals surface area contributed by atoms with Gasteiger partial charge in [0.25, 0.3) is 11.8 Å². The van der Waals surface area contributed by atoms with Crippen LogP contribution in [-0.4, -0.2) is 69.9 Å². The van der Waals surface area contributed by atoms with E-state index in [1.807, 2.05) is 30.3 Å². The minimum absolute atomic E-state index is 0.0335. The summed E-state index contributed by atoms with van der Waals surface area (Å²) in [6.07, 6.45) is 2.52. The predicted octanol–water partition coefficient (Wildman–Crippen LogP) is 5.16. The van der Waals surface area contributed by atoms with Gasteiger partial charge in [-0.3, -0.25) is 14.6 Å². The number of thioether (sulfide) groups is 1. The summed E-state index contributed by atoms with van der Waals surface area (Å²) in [5.74, 6) is -0.580. The highest BCUT2D eigenvalue weighted by Crippen LogP contribution is 2.50. The Bertz CT molecular complexity index is 1470. The number of pyridine rings is 1. The van der Waals surface area contributed by atoms with Crippen molar-refractivity contribution in [2.45, 2.75) is 35.3 Å². The molecule has 4 amide bonds. The van der Waals surface area contributed by atoms with Gasteiger partial charge in [0, 0.05) is 49.5 Å². The van der Waals surface area contributed by atoms with Gasteiger partial charge < -0.3 is 14.7 Å². The van der Waals surface area contributed by atoms with Crippen LogP contribution < -0.4 is 9.80 Å². The van der Waals surface area contributed by atoms with Gasteiger partial charge in [-0.15, -0.1) is 0 Å². The fourth-order valence-electron chi connectivity index (χ4n) is 5.40. The lowest BCUT2D eigenvalue weighted by Gasteiger charge is -2.36. The highest BCUT2D eigenvalue weighted by Gasteiger charge is 2.65. The molecule has 2 saturated heterocycles. The van der Waals surface area contributed by atoms with E-state index in [0.717, 1.165) is 10.6 Å². The molecule has 1 aromatic heterocycles. The molecule has 3 aliphatic rings. The standard InChI is InChI=1S/C29H26F3N5O3S/c30-29(31,32)41-23-8-6-22(7-9-23)37-26(39)28(11-12-28)36(27(37)40)19-20-10-13-33-24(18-20)25(38)35-16-14-34(15-17-35)21-4-2-1-3-5-21/h1-10,13,18H,11-12,14-17,19H2. The maximum Gasteiger partial charge on any atom is 0.446 e. The van der Waals surface area contributed by atoms with E-state index in [9.17, 15) is 27.6 Å². The van der Waals surface area contributed by atoms with Crippen molar-refractivity contribution in [2.75, 3.05) is 36.0 Å². The van der Waals surface area contributed by atoms with Crippen LogP contribution in [-0.2, 0) is 11.3 Å². The Kier molecular flexibility index (Phi) is 6.88. The van der Waals surface area contributed by atoms with Crippen molar-refractivity contribution in [3.63, 3.8) is 0 Å². The topological polar surface area (TPSA) is 77.1 Å². The molecule has 3 aromatic rings. The Balaban J connectivity index is 1.14. The molecule has 41 heavy (non-hydrogen) atoms. The minimum atomic E-state index is -4.43. The van der Waals surface area contributed by atoms with Gasteiger partial charge in [0.05, 0.1) is 5.69 Å². The quantitative estimate of drug-likeness (QED) is 0.296. The van der Waals surface area contributed by atoms with Crippen LogP contribution in [0.4, 0.5) is 29.3 Å². The second kappa shape index (κ2) is 10.4. The van der Waals surface area contributed by atoms with E-state index >= 15 is 0 Å². The predicted molar refractivity (Wildman–Crippen MR) is 148 cm³/mol. The first kappa shape index (κ1) is 27.1. The number of alkyl halides is 3. The Hall–Kier alpha value is -4.06. The van der Waals surface area contributed by atoms with Gasteiger partial charge >= 0.3 is 11.5 Å². The molecule has 1 saturated carbocycles. The largest absolute Gasteiger partial charge is 0.446 e. The van der Waals surface area contributed by atoms with Crippen LogP contribution in [0.15, 0.2) is 77.8 Å². The highest BCUT2D eigenvalue weighted by atomic mass is 32.2. The number of para-hydroxylation sites is 1. The zero-order chi connectivity index (χ0) is 28.8. The first-order chi connectivity index (χ1) is 19.6. The number of benzene rings is 2. The Morgan fingerprint density at radius 3 is 2.22 bits per heavy atom. The molecule has 0 N–H and O–H groups in total. The van der Waals surface area contributed by atoms with E-state index in [1.54, 1.807) is 17.0 Å². The van der Waals surface area contributed by atoms with Gasteiger partial charge in [-0.25, -0.2) is 9.69 Å². The number of hydrogen-bond acceptors (Lipinski definition) is 6. The van der Waals surface area contributed by atoms with Gasteiger partial charge in [0.2, 0.25) is 0 Å². The summed E-state index contributed by atoms with van der Waals surface area (Å²) in [6, 6.07) is 18.1. The van der Waals surface area contributed by atoms with Gasteiger partial charge in [-0.1, -0.05) is 18.2 Å². The Morgan fingerprint density at radius 1 is 0.902 bits per heavy atom. The fourth-order valence-corrected chi connectivity index (χ4v) is 5.94. The van der Waals surface area contributed by atoms with Crippen molar-refractivity contribution < 1.29 is 27.6 Å². The molecule has 2 aliphatic heterocycles. The second-order valence-corrected chi connectivity index (χ2v) is 11.4. The summed E-state index contributed by atoms with van der Waals surface area (Å²) < 4.78 is 38.1. The number of hydrogen-bond donors (Lipinski definition) is 0. The molecule has 3 heterocycles. The SMILES string of the molecule is O=C(c1cc(CN2C(=O)N(c3ccc(SC(F)(F)F)cc3)C(=O)C23CC3)ccn1)N1CCN(c2ccccc2)CC1. The normalized spacial score (nSPS) is 18.4. The monoisotopic (exact) mass is 581 g/mol. The first-order valence-corrected chi connectivity index (χ1v) is 14.0. The van der Waals surface area contributed by atoms with Crippen LogP contribution in [0.25, 0.3) is 0 Å². The zero-order valence-electron chi connectivity index (χ0n) is 21.9. The van der Waals surface area contributed by atoms with Crippen molar-refractivity contribution in [2.24, 2.45) is 0 Å². The number of halogens is 3. The minimum Gasteiger partial charge on any atom is -0.368 e. The summed E-state index contributed by atoms with van der Waals surface area (Å²) in [4.78, 5) is 50.8. The van der Waals surface area contributed by atoms with Crippen molar-refractivity contribution in [3.8, 4) is 0 Å². The molecular formula is C29H26F3N5O3S. The lowest BCUT2D eigenvalue weighted by molar-refractivity contribution is -0.120. The van der Waals surface area contributed by atoms with Gasteiger partial charge in [0.1, 0.15) is 11.2 Å². The van der Waals surface area contributed by atoms with E-state index in [0.29, 0.717) is 44.6 Å². The molecule has 8 nitrogen and oxygen atoms in total. The number of piperazine rings is 1. The number of rotatable bonds is 6. The van der Waals surface area contributed by atoms with Crippen molar-refractivity contribution in [1.29, 1.82) is 0 Å². The summed E-state index contributed by atoms with van der Waals surface area (Å²) >= 11 is -0.257. The van der Waals surface area contributed by atoms with Crippen LogP contribution in [0.1, 0.15) is 28.9 Å². The van der Waals surface area contributed by atoms with Crippen LogP contribution in [0.5, 0.6) is 0 Å². The van der Waals surface area contributed by atoms with Crippen LogP contribution in [0.3, 0.4) is 0 Å². The van der Waals surface area contributed by atoms with Gasteiger partial charge in [-0.2, -0.15) is 13.2 Å².